The minimum atomic E-state index is 0.0109. The maximum Gasteiger partial charge on any atom is 0.254 e. The van der Waals surface area contributed by atoms with Crippen molar-refractivity contribution in [3.05, 3.63) is 33.9 Å². The Morgan fingerprint density at radius 1 is 1.44 bits per heavy atom. The fourth-order valence-electron chi connectivity index (χ4n) is 2.49. The van der Waals surface area contributed by atoms with Gasteiger partial charge in [-0.05, 0) is 31.7 Å². The van der Waals surface area contributed by atoms with Crippen LogP contribution in [0.1, 0.15) is 31.0 Å². The average molecular weight is 244 g/mol. The molecule has 1 aliphatic carbocycles. The molecule has 0 amide bonds. The third-order valence-electron chi connectivity index (χ3n) is 3.34. The molecular weight excluding hydrogens is 228 g/mol. The summed E-state index contributed by atoms with van der Waals surface area (Å²) < 4.78 is 1.89. The van der Waals surface area contributed by atoms with Gasteiger partial charge in [0.15, 0.2) is 5.82 Å². The van der Waals surface area contributed by atoms with Crippen molar-refractivity contribution in [1.29, 1.82) is 0 Å². The van der Waals surface area contributed by atoms with Gasteiger partial charge in [-0.2, -0.15) is 5.10 Å². The summed E-state index contributed by atoms with van der Waals surface area (Å²) in [5, 5.41) is 4.26. The molecule has 5 nitrogen and oxygen atoms in total. The van der Waals surface area contributed by atoms with Crippen LogP contribution in [0, 0.1) is 0 Å². The Hall–Kier alpha value is -1.91. The van der Waals surface area contributed by atoms with Crippen LogP contribution in [0.5, 0.6) is 0 Å². The molecule has 0 aliphatic heterocycles. The highest BCUT2D eigenvalue weighted by molar-refractivity contribution is 5.49. The number of hydrogen-bond donors (Lipinski definition) is 1. The summed E-state index contributed by atoms with van der Waals surface area (Å²) in [4.78, 5) is 19.4. The Bertz CT molecular complexity index is 626. The van der Waals surface area contributed by atoms with E-state index < -0.39 is 0 Å². The lowest BCUT2D eigenvalue weighted by molar-refractivity contribution is 0.606. The predicted octanol–water partition coefficient (Wildman–Crippen LogP) is 1.53. The van der Waals surface area contributed by atoms with E-state index in [1.165, 1.54) is 0 Å². The number of nitrogens with one attached hydrogen (secondary N) is 1. The number of hydrogen-bond acceptors (Lipinski definition) is 3. The minimum Gasteiger partial charge on any atom is -0.305 e. The lowest BCUT2D eigenvalue weighted by Crippen LogP contribution is -2.16. The second-order valence-corrected chi connectivity index (χ2v) is 4.63. The van der Waals surface area contributed by atoms with Crippen LogP contribution in [-0.4, -0.2) is 19.7 Å². The van der Waals surface area contributed by atoms with E-state index in [1.807, 2.05) is 10.7 Å². The zero-order valence-electron chi connectivity index (χ0n) is 10.4. The molecule has 2 aromatic rings. The SMILES string of the molecule is CCCn1nccc1-c1nc2c(c(=O)[nH]1)CCC2. The van der Waals surface area contributed by atoms with Crippen molar-refractivity contribution in [2.45, 2.75) is 39.2 Å². The van der Waals surface area contributed by atoms with Crippen molar-refractivity contribution in [3.8, 4) is 11.5 Å². The van der Waals surface area contributed by atoms with Gasteiger partial charge in [-0.25, -0.2) is 4.98 Å². The van der Waals surface area contributed by atoms with Crippen molar-refractivity contribution in [1.82, 2.24) is 19.7 Å². The summed E-state index contributed by atoms with van der Waals surface area (Å²) in [5.41, 5.74) is 2.72. The quantitative estimate of drug-likeness (QED) is 0.890. The third-order valence-corrected chi connectivity index (χ3v) is 3.34. The number of H-pyrrole nitrogens is 1. The van der Waals surface area contributed by atoms with Gasteiger partial charge in [-0.1, -0.05) is 6.92 Å². The van der Waals surface area contributed by atoms with Crippen molar-refractivity contribution in [2.75, 3.05) is 0 Å². The lowest BCUT2D eigenvalue weighted by Gasteiger charge is -2.06. The van der Waals surface area contributed by atoms with Crippen LogP contribution in [0.4, 0.5) is 0 Å². The van der Waals surface area contributed by atoms with Gasteiger partial charge in [0, 0.05) is 18.3 Å². The van der Waals surface area contributed by atoms with E-state index in [4.69, 9.17) is 0 Å². The van der Waals surface area contributed by atoms with E-state index in [1.54, 1.807) is 6.20 Å². The second-order valence-electron chi connectivity index (χ2n) is 4.63. The van der Waals surface area contributed by atoms with Gasteiger partial charge in [-0.15, -0.1) is 0 Å². The Morgan fingerprint density at radius 2 is 2.33 bits per heavy atom. The highest BCUT2D eigenvalue weighted by Gasteiger charge is 2.18. The number of aromatic nitrogens is 4. The molecule has 1 aliphatic rings. The highest BCUT2D eigenvalue weighted by atomic mass is 16.1. The molecule has 0 bridgehead atoms. The van der Waals surface area contributed by atoms with Gasteiger partial charge >= 0.3 is 0 Å². The molecule has 2 heterocycles. The highest BCUT2D eigenvalue weighted by Crippen LogP contribution is 2.20. The molecule has 0 saturated carbocycles. The van der Waals surface area contributed by atoms with E-state index in [2.05, 4.69) is 22.0 Å². The van der Waals surface area contributed by atoms with E-state index in [0.29, 0.717) is 5.82 Å². The maximum absolute atomic E-state index is 12.0. The molecule has 5 heteroatoms. The summed E-state index contributed by atoms with van der Waals surface area (Å²) in [7, 11) is 0. The topological polar surface area (TPSA) is 63.6 Å². The van der Waals surface area contributed by atoms with Crippen LogP contribution >= 0.6 is 0 Å². The van der Waals surface area contributed by atoms with Gasteiger partial charge in [0.2, 0.25) is 0 Å². The first-order valence-electron chi connectivity index (χ1n) is 6.44. The molecule has 18 heavy (non-hydrogen) atoms. The summed E-state index contributed by atoms with van der Waals surface area (Å²) in [6.45, 7) is 2.94. The molecule has 0 atom stereocenters. The van der Waals surface area contributed by atoms with Crippen LogP contribution < -0.4 is 5.56 Å². The molecule has 0 radical (unpaired) electrons. The van der Waals surface area contributed by atoms with Crippen molar-refractivity contribution in [2.24, 2.45) is 0 Å². The molecule has 0 spiro atoms. The Labute approximate surface area is 105 Å². The molecule has 0 unspecified atom stereocenters. The normalized spacial score (nSPS) is 13.8. The summed E-state index contributed by atoms with van der Waals surface area (Å²) in [6, 6.07) is 1.90. The lowest BCUT2D eigenvalue weighted by atomic mass is 10.2. The predicted molar refractivity (Wildman–Crippen MR) is 68.4 cm³/mol. The Kier molecular flexibility index (Phi) is 2.74. The van der Waals surface area contributed by atoms with Crippen molar-refractivity contribution in [3.63, 3.8) is 0 Å². The second kappa shape index (κ2) is 4.40. The molecule has 0 fully saturated rings. The molecule has 3 rings (SSSR count). The van der Waals surface area contributed by atoms with Crippen LogP contribution in [0.3, 0.4) is 0 Å². The Balaban J connectivity index is 2.09. The van der Waals surface area contributed by atoms with Gasteiger partial charge < -0.3 is 4.98 Å². The fourth-order valence-corrected chi connectivity index (χ4v) is 2.49. The average Bonchev–Trinajstić information content (AvgIpc) is 2.97. The van der Waals surface area contributed by atoms with Crippen molar-refractivity contribution < 1.29 is 0 Å². The Morgan fingerprint density at radius 3 is 3.17 bits per heavy atom. The zero-order chi connectivity index (χ0) is 12.5. The van der Waals surface area contributed by atoms with Crippen LogP contribution in [0.2, 0.25) is 0 Å². The van der Waals surface area contributed by atoms with E-state index in [0.717, 1.165) is 49.2 Å². The van der Waals surface area contributed by atoms with Crippen LogP contribution in [0.25, 0.3) is 11.5 Å². The number of aromatic amines is 1. The van der Waals surface area contributed by atoms with Gasteiger partial charge in [0.1, 0.15) is 5.69 Å². The third kappa shape index (κ3) is 1.75. The standard InChI is InChI=1S/C13H16N4O/c1-2-8-17-11(6-7-14-17)12-15-10-5-3-4-9(10)13(18)16-12/h6-7H,2-5,8H2,1H3,(H,15,16,18). The molecule has 1 N–H and O–H groups in total. The summed E-state index contributed by atoms with van der Waals surface area (Å²) in [6.07, 6.45) is 5.55. The van der Waals surface area contributed by atoms with Gasteiger partial charge in [0.25, 0.3) is 5.56 Å². The van der Waals surface area contributed by atoms with E-state index >= 15 is 0 Å². The first-order valence-corrected chi connectivity index (χ1v) is 6.44. The largest absolute Gasteiger partial charge is 0.305 e. The first kappa shape index (κ1) is 11.2. The summed E-state index contributed by atoms with van der Waals surface area (Å²) in [5.74, 6) is 0.645. The number of fused-ring (bicyclic) bond motifs is 1. The zero-order valence-corrected chi connectivity index (χ0v) is 10.4. The monoisotopic (exact) mass is 244 g/mol. The fraction of sp³-hybridized carbons (Fsp3) is 0.462. The van der Waals surface area contributed by atoms with Gasteiger partial charge in [-0.3, -0.25) is 9.48 Å². The van der Waals surface area contributed by atoms with Gasteiger partial charge in [0.05, 0.1) is 5.69 Å². The van der Waals surface area contributed by atoms with E-state index in [9.17, 15) is 4.79 Å². The first-order chi connectivity index (χ1) is 8.79. The minimum absolute atomic E-state index is 0.0109. The van der Waals surface area contributed by atoms with Crippen molar-refractivity contribution >= 4 is 0 Å². The molecule has 0 saturated heterocycles. The number of rotatable bonds is 3. The van der Waals surface area contributed by atoms with Crippen LogP contribution in [-0.2, 0) is 19.4 Å². The number of aryl methyl sites for hydroxylation is 2. The molecule has 0 aromatic carbocycles. The van der Waals surface area contributed by atoms with Crippen LogP contribution in [0.15, 0.2) is 17.1 Å². The molecular formula is C13H16N4O. The van der Waals surface area contributed by atoms with E-state index in [-0.39, 0.29) is 5.56 Å². The molecule has 2 aromatic heterocycles. The molecule has 94 valence electrons. The smallest absolute Gasteiger partial charge is 0.254 e. The number of nitrogens with zero attached hydrogens (tertiary/aromatic N) is 3. The maximum atomic E-state index is 12.0. The summed E-state index contributed by atoms with van der Waals surface area (Å²) >= 11 is 0.